The van der Waals surface area contributed by atoms with E-state index >= 15 is 0 Å². The number of rotatable bonds is 8. The van der Waals surface area contributed by atoms with Gasteiger partial charge in [-0.3, -0.25) is 4.79 Å². The molecular weight excluding hydrogens is 442 g/mol. The van der Waals surface area contributed by atoms with Gasteiger partial charge in [0.25, 0.3) is 5.91 Å². The summed E-state index contributed by atoms with van der Waals surface area (Å²) in [5.74, 6) is 0.563. The molecule has 0 radical (unpaired) electrons. The van der Waals surface area contributed by atoms with Crippen molar-refractivity contribution in [2.45, 2.75) is 4.90 Å². The maximum absolute atomic E-state index is 12.6. The molecule has 0 unspecified atom stereocenters. The Morgan fingerprint density at radius 1 is 1.03 bits per heavy atom. The zero-order valence-corrected chi connectivity index (χ0v) is 19.7. The molecule has 1 aromatic heterocycles. The number of carbonyl (C=O) groups excluding carboxylic acids is 1. The van der Waals surface area contributed by atoms with Crippen LogP contribution in [0.5, 0.6) is 0 Å². The van der Waals surface area contributed by atoms with Gasteiger partial charge in [-0.25, -0.2) is 9.97 Å². The van der Waals surface area contributed by atoms with Gasteiger partial charge >= 0.3 is 0 Å². The van der Waals surface area contributed by atoms with Crippen molar-refractivity contribution in [2.75, 3.05) is 31.5 Å². The Kier molecular flexibility index (Phi) is 7.91. The van der Waals surface area contributed by atoms with Crippen molar-refractivity contribution in [2.24, 2.45) is 0 Å². The van der Waals surface area contributed by atoms with Gasteiger partial charge in [-0.05, 0) is 48.5 Å². The second-order valence-electron chi connectivity index (χ2n) is 7.65. The molecule has 1 aliphatic heterocycles. The minimum Gasteiger partial charge on any atom is -0.336 e. The number of anilines is 2. The van der Waals surface area contributed by atoms with Crippen LogP contribution in [0.2, 0.25) is 0 Å². The summed E-state index contributed by atoms with van der Waals surface area (Å²) in [5.41, 5.74) is 3.33. The summed E-state index contributed by atoms with van der Waals surface area (Å²) in [5, 5.41) is 6.49. The quantitative estimate of drug-likeness (QED) is 0.346. The SMILES string of the molecule is C=C/C=C(\C=C)Sc1ccc(-c2ccnc(Nc3ccc(C(=O)N4CCNCC4)cc3)n2)cc1. The Bertz CT molecular complexity index is 1180. The zero-order chi connectivity index (χ0) is 23.8. The first-order valence-corrected chi connectivity index (χ1v) is 11.9. The highest BCUT2D eigenvalue weighted by Gasteiger charge is 2.17. The molecule has 34 heavy (non-hydrogen) atoms. The molecule has 4 rings (SSSR count). The van der Waals surface area contributed by atoms with Gasteiger partial charge in [0.2, 0.25) is 5.95 Å². The van der Waals surface area contributed by atoms with Gasteiger partial charge in [0, 0.05) is 59.0 Å². The molecule has 0 bridgehead atoms. The van der Waals surface area contributed by atoms with Crippen molar-refractivity contribution in [3.63, 3.8) is 0 Å². The van der Waals surface area contributed by atoms with Crippen LogP contribution in [0.15, 0.2) is 102 Å². The molecule has 1 fully saturated rings. The highest BCUT2D eigenvalue weighted by atomic mass is 32.2. The number of allylic oxidation sites excluding steroid dienone is 3. The van der Waals surface area contributed by atoms with E-state index in [9.17, 15) is 4.79 Å². The molecule has 0 aliphatic carbocycles. The predicted octanol–water partition coefficient (Wildman–Crippen LogP) is 5.28. The third kappa shape index (κ3) is 6.01. The first-order valence-electron chi connectivity index (χ1n) is 11.1. The first-order chi connectivity index (χ1) is 16.7. The summed E-state index contributed by atoms with van der Waals surface area (Å²) >= 11 is 1.63. The molecule has 2 N–H and O–H groups in total. The molecular formula is C27H27N5OS. The lowest BCUT2D eigenvalue weighted by atomic mass is 10.1. The van der Waals surface area contributed by atoms with Gasteiger partial charge in [-0.2, -0.15) is 0 Å². The van der Waals surface area contributed by atoms with E-state index in [-0.39, 0.29) is 5.91 Å². The van der Waals surface area contributed by atoms with Crippen LogP contribution in [0.3, 0.4) is 0 Å². The van der Waals surface area contributed by atoms with Gasteiger partial charge in [0.15, 0.2) is 0 Å². The van der Waals surface area contributed by atoms with Crippen molar-refractivity contribution in [1.29, 1.82) is 0 Å². The molecule has 0 atom stereocenters. The number of nitrogens with zero attached hydrogens (tertiary/aromatic N) is 3. The molecule has 1 aliphatic rings. The third-order valence-electron chi connectivity index (χ3n) is 5.32. The molecule has 7 heteroatoms. The average molecular weight is 470 g/mol. The number of piperazine rings is 1. The Morgan fingerprint density at radius 2 is 1.76 bits per heavy atom. The van der Waals surface area contributed by atoms with E-state index in [1.54, 1.807) is 24.0 Å². The molecule has 2 heterocycles. The van der Waals surface area contributed by atoms with E-state index in [0.717, 1.165) is 52.9 Å². The number of aromatic nitrogens is 2. The highest BCUT2D eigenvalue weighted by molar-refractivity contribution is 8.03. The number of benzene rings is 2. The minimum atomic E-state index is 0.0631. The molecule has 2 aromatic carbocycles. The number of hydrogen-bond acceptors (Lipinski definition) is 6. The van der Waals surface area contributed by atoms with Crippen LogP contribution in [0.25, 0.3) is 11.3 Å². The molecule has 0 saturated carbocycles. The van der Waals surface area contributed by atoms with Crippen LogP contribution in [0, 0.1) is 0 Å². The van der Waals surface area contributed by atoms with E-state index in [4.69, 9.17) is 0 Å². The van der Waals surface area contributed by atoms with Crippen LogP contribution in [0.4, 0.5) is 11.6 Å². The maximum atomic E-state index is 12.6. The highest BCUT2D eigenvalue weighted by Crippen LogP contribution is 2.29. The normalized spacial score (nSPS) is 13.9. The fourth-order valence-corrected chi connectivity index (χ4v) is 4.34. The van der Waals surface area contributed by atoms with Crippen molar-refractivity contribution < 1.29 is 4.79 Å². The van der Waals surface area contributed by atoms with Crippen molar-refractivity contribution >= 4 is 29.3 Å². The van der Waals surface area contributed by atoms with E-state index < -0.39 is 0 Å². The van der Waals surface area contributed by atoms with Crippen LogP contribution < -0.4 is 10.6 Å². The van der Waals surface area contributed by atoms with E-state index in [1.807, 2.05) is 59.5 Å². The second-order valence-corrected chi connectivity index (χ2v) is 8.79. The summed E-state index contributed by atoms with van der Waals surface area (Å²) in [4.78, 5) is 25.7. The second kappa shape index (κ2) is 11.4. The van der Waals surface area contributed by atoms with Crippen LogP contribution in [-0.2, 0) is 0 Å². The monoisotopic (exact) mass is 469 g/mol. The Balaban J connectivity index is 1.42. The predicted molar refractivity (Wildman–Crippen MR) is 140 cm³/mol. The fourth-order valence-electron chi connectivity index (χ4n) is 3.55. The van der Waals surface area contributed by atoms with Crippen molar-refractivity contribution in [3.05, 3.63) is 103 Å². The van der Waals surface area contributed by atoms with Gasteiger partial charge in [-0.1, -0.05) is 49.2 Å². The van der Waals surface area contributed by atoms with Crippen LogP contribution in [0.1, 0.15) is 10.4 Å². The van der Waals surface area contributed by atoms with Gasteiger partial charge in [0.05, 0.1) is 5.69 Å². The molecule has 3 aromatic rings. The zero-order valence-electron chi connectivity index (χ0n) is 18.9. The molecule has 6 nitrogen and oxygen atoms in total. The van der Waals surface area contributed by atoms with Gasteiger partial charge in [0.1, 0.15) is 0 Å². The van der Waals surface area contributed by atoms with Crippen molar-refractivity contribution in [1.82, 2.24) is 20.2 Å². The standard InChI is InChI=1S/C27H27N5OS/c1-3-5-23(4-2)34-24-12-8-20(9-13-24)25-14-15-29-27(31-25)30-22-10-6-21(7-11-22)26(33)32-18-16-28-17-19-32/h3-15,28H,1-2,16-19H2,(H,29,30,31)/b23-5+. The van der Waals surface area contributed by atoms with E-state index in [2.05, 4.69) is 45.9 Å². The number of carbonyl (C=O) groups is 1. The number of nitrogens with one attached hydrogen (secondary N) is 2. The minimum absolute atomic E-state index is 0.0631. The largest absolute Gasteiger partial charge is 0.336 e. The topological polar surface area (TPSA) is 70.2 Å². The average Bonchev–Trinajstić information content (AvgIpc) is 2.89. The Hall–Kier alpha value is -3.68. The number of hydrogen-bond donors (Lipinski definition) is 2. The fraction of sp³-hybridized carbons (Fsp3) is 0.148. The van der Waals surface area contributed by atoms with E-state index in [0.29, 0.717) is 11.5 Å². The Morgan fingerprint density at radius 3 is 2.44 bits per heavy atom. The molecule has 172 valence electrons. The third-order valence-corrected chi connectivity index (χ3v) is 6.36. The van der Waals surface area contributed by atoms with E-state index in [1.165, 1.54) is 0 Å². The lowest BCUT2D eigenvalue weighted by Crippen LogP contribution is -2.46. The molecule has 0 spiro atoms. The first kappa shape index (κ1) is 23.5. The summed E-state index contributed by atoms with van der Waals surface area (Å²) in [6.07, 6.45) is 7.24. The lowest BCUT2D eigenvalue weighted by Gasteiger charge is -2.27. The molecule has 1 amide bonds. The Labute approximate surface area is 204 Å². The lowest BCUT2D eigenvalue weighted by molar-refractivity contribution is 0.0736. The summed E-state index contributed by atoms with van der Waals surface area (Å²) in [6.45, 7) is 10.7. The van der Waals surface area contributed by atoms with Gasteiger partial charge in [-0.15, -0.1) is 0 Å². The summed E-state index contributed by atoms with van der Waals surface area (Å²) in [7, 11) is 0. The van der Waals surface area contributed by atoms with Crippen LogP contribution in [-0.4, -0.2) is 47.0 Å². The van der Waals surface area contributed by atoms with Crippen LogP contribution >= 0.6 is 11.8 Å². The number of amides is 1. The summed E-state index contributed by atoms with van der Waals surface area (Å²) < 4.78 is 0. The molecule has 1 saturated heterocycles. The smallest absolute Gasteiger partial charge is 0.253 e. The summed E-state index contributed by atoms with van der Waals surface area (Å²) in [6, 6.07) is 17.5. The van der Waals surface area contributed by atoms with Gasteiger partial charge < -0.3 is 15.5 Å². The van der Waals surface area contributed by atoms with Crippen molar-refractivity contribution in [3.8, 4) is 11.3 Å². The number of thioether (sulfide) groups is 1. The maximum Gasteiger partial charge on any atom is 0.253 e.